The maximum atomic E-state index is 14.4. The second kappa shape index (κ2) is 13.2. The molecule has 20 heteroatoms. The molecule has 0 saturated carbocycles. The fourth-order valence-electron chi connectivity index (χ4n) is 6.86. The normalized spacial score (nSPS) is 17.8. The highest BCUT2D eigenvalue weighted by Crippen LogP contribution is 2.48. The van der Waals surface area contributed by atoms with Crippen LogP contribution < -0.4 is 10.9 Å². The minimum absolute atomic E-state index is 0.0407. The smallest absolute Gasteiger partial charge is 0.416 e. The van der Waals surface area contributed by atoms with Crippen LogP contribution in [0.15, 0.2) is 58.5 Å². The largest absolute Gasteiger partial charge is 0.504 e. The number of alkyl halides is 3. The van der Waals surface area contributed by atoms with E-state index in [-0.39, 0.29) is 75.8 Å². The Kier molecular flexibility index (Phi) is 9.01. The predicted molar refractivity (Wildman–Crippen MR) is 188 cm³/mol. The molecule has 0 radical (unpaired) electrons. The molecule has 3 aromatic heterocycles. The molecule has 2 atom stereocenters. The van der Waals surface area contributed by atoms with E-state index in [1.165, 1.54) is 34.2 Å². The number of nitrogens with zero attached hydrogens (tertiary/aromatic N) is 7. The minimum Gasteiger partial charge on any atom is -0.504 e. The molecule has 1 unspecified atom stereocenters. The monoisotopic (exact) mass is 785 g/mol. The summed E-state index contributed by atoms with van der Waals surface area (Å²) in [5, 5.41) is 17.1. The molecule has 15 nitrogen and oxygen atoms in total. The third-order valence-corrected chi connectivity index (χ3v) is 11.0. The number of likely N-dealkylation sites (tertiary alicyclic amines) is 1. The molecule has 5 aromatic rings. The molecule has 54 heavy (non-hydrogen) atoms. The SMILES string of the molecule is Cc1ncnc(C(=O)N2CCC3(CC2)O[C@H](C)c2c3c(=O)n3nc(-c4ccc(S(C)(=N)=O)cc4)nc3n2CC(=O)Nc2ccc(C(F)(F)F)cc2Cl)c1O. The van der Waals surface area contributed by atoms with Crippen molar-refractivity contribution in [3.8, 4) is 17.1 Å². The predicted octanol–water partition coefficient (Wildman–Crippen LogP) is 4.93. The number of rotatable bonds is 6. The number of aryl methyl sites for hydroxylation is 1. The summed E-state index contributed by atoms with van der Waals surface area (Å²) in [5.41, 5.74) is -1.85. The third-order valence-electron chi connectivity index (χ3n) is 9.53. The molecule has 2 amide bonds. The van der Waals surface area contributed by atoms with Crippen molar-refractivity contribution in [2.75, 3.05) is 24.7 Å². The summed E-state index contributed by atoms with van der Waals surface area (Å²) in [6.45, 7) is 2.98. The number of aromatic hydroxyl groups is 1. The summed E-state index contributed by atoms with van der Waals surface area (Å²) in [7, 11) is -3.02. The van der Waals surface area contributed by atoms with Crippen LogP contribution in [-0.4, -0.2) is 74.5 Å². The van der Waals surface area contributed by atoms with Crippen LogP contribution in [0.5, 0.6) is 5.75 Å². The number of halogens is 4. The lowest BCUT2D eigenvalue weighted by Gasteiger charge is -2.39. The molecule has 5 heterocycles. The van der Waals surface area contributed by atoms with Crippen LogP contribution in [0.4, 0.5) is 18.9 Å². The van der Waals surface area contributed by atoms with Gasteiger partial charge in [0.1, 0.15) is 18.5 Å². The molecule has 3 N–H and O–H groups in total. The van der Waals surface area contributed by atoms with E-state index in [4.69, 9.17) is 21.1 Å². The zero-order valence-electron chi connectivity index (χ0n) is 28.8. The molecular formula is C34H31ClF3N9O6S. The summed E-state index contributed by atoms with van der Waals surface area (Å²) in [4.78, 5) is 55.6. The Morgan fingerprint density at radius 2 is 1.83 bits per heavy atom. The molecule has 2 aliphatic heterocycles. The average molecular weight is 786 g/mol. The van der Waals surface area contributed by atoms with Crippen molar-refractivity contribution in [3.63, 3.8) is 0 Å². The number of aromatic nitrogens is 6. The quantitative estimate of drug-likeness (QED) is 0.212. The van der Waals surface area contributed by atoms with Crippen molar-refractivity contribution in [1.82, 2.24) is 34.0 Å². The maximum Gasteiger partial charge on any atom is 0.416 e. The molecule has 7 rings (SSSR count). The Morgan fingerprint density at radius 1 is 1.15 bits per heavy atom. The second-order valence-corrected chi connectivity index (χ2v) is 15.7. The summed E-state index contributed by atoms with van der Waals surface area (Å²) < 4.78 is 68.9. The van der Waals surface area contributed by atoms with Gasteiger partial charge in [0.2, 0.25) is 11.7 Å². The van der Waals surface area contributed by atoms with Crippen molar-refractivity contribution in [1.29, 1.82) is 4.78 Å². The Hall–Kier alpha value is -5.40. The van der Waals surface area contributed by atoms with Crippen LogP contribution in [0.25, 0.3) is 17.2 Å². The number of amides is 2. The van der Waals surface area contributed by atoms with Gasteiger partial charge < -0.3 is 24.6 Å². The number of fused-ring (bicyclic) bond motifs is 3. The van der Waals surface area contributed by atoms with Crippen molar-refractivity contribution in [2.45, 2.75) is 56.0 Å². The molecule has 0 bridgehead atoms. The van der Waals surface area contributed by atoms with Gasteiger partial charge in [0.05, 0.1) is 49.1 Å². The zero-order chi connectivity index (χ0) is 38.9. The number of nitrogens with one attached hydrogen (secondary N) is 2. The van der Waals surface area contributed by atoms with Gasteiger partial charge in [-0.1, -0.05) is 11.6 Å². The number of piperidine rings is 1. The molecule has 0 aliphatic carbocycles. The number of ether oxygens (including phenoxy) is 1. The number of hydrogen-bond acceptors (Lipinski definition) is 11. The lowest BCUT2D eigenvalue weighted by Crippen LogP contribution is -2.47. The number of benzene rings is 2. The van der Waals surface area contributed by atoms with E-state index < -0.39 is 57.1 Å². The van der Waals surface area contributed by atoms with E-state index in [1.807, 2.05) is 0 Å². The highest BCUT2D eigenvalue weighted by atomic mass is 35.5. The van der Waals surface area contributed by atoms with E-state index in [9.17, 15) is 36.9 Å². The second-order valence-electron chi connectivity index (χ2n) is 13.1. The Balaban J connectivity index is 1.29. The molecule has 282 valence electrons. The topological polar surface area (TPSA) is 198 Å². The summed E-state index contributed by atoms with van der Waals surface area (Å²) in [5.74, 6) is -1.53. The fraction of sp³-hybridized carbons (Fsp3) is 0.324. The first-order chi connectivity index (χ1) is 25.4. The summed E-state index contributed by atoms with van der Waals surface area (Å²) in [6, 6.07) is 8.62. The molecular weight excluding hydrogens is 755 g/mol. The Bertz CT molecular complexity index is 2530. The van der Waals surface area contributed by atoms with Gasteiger partial charge in [-0.3, -0.25) is 14.4 Å². The van der Waals surface area contributed by atoms with Crippen LogP contribution in [0.3, 0.4) is 0 Å². The van der Waals surface area contributed by atoms with Crippen molar-refractivity contribution in [3.05, 3.63) is 92.4 Å². The molecule has 2 aromatic carbocycles. The first-order valence-corrected chi connectivity index (χ1v) is 18.7. The van der Waals surface area contributed by atoms with E-state index in [0.717, 1.165) is 16.6 Å². The molecule has 1 fully saturated rings. The van der Waals surface area contributed by atoms with Gasteiger partial charge in [-0.15, -0.1) is 5.10 Å². The van der Waals surface area contributed by atoms with Gasteiger partial charge in [0, 0.05) is 29.8 Å². The number of hydrogen-bond donors (Lipinski definition) is 3. The lowest BCUT2D eigenvalue weighted by atomic mass is 9.85. The van der Waals surface area contributed by atoms with Crippen LogP contribution >= 0.6 is 11.6 Å². The Morgan fingerprint density at radius 3 is 2.46 bits per heavy atom. The lowest BCUT2D eigenvalue weighted by molar-refractivity contribution is -0.137. The van der Waals surface area contributed by atoms with Gasteiger partial charge >= 0.3 is 6.18 Å². The van der Waals surface area contributed by atoms with Crippen LogP contribution in [0.2, 0.25) is 5.02 Å². The van der Waals surface area contributed by atoms with Gasteiger partial charge in [-0.05, 0) is 69.2 Å². The van der Waals surface area contributed by atoms with E-state index in [2.05, 4.69) is 25.4 Å². The number of anilines is 1. The zero-order valence-corrected chi connectivity index (χ0v) is 30.3. The van der Waals surface area contributed by atoms with Crippen LogP contribution in [-0.2, 0) is 37.6 Å². The first kappa shape index (κ1) is 36.9. The highest BCUT2D eigenvalue weighted by Gasteiger charge is 2.50. The van der Waals surface area contributed by atoms with E-state index in [1.54, 1.807) is 26.0 Å². The molecule has 1 saturated heterocycles. The first-order valence-electron chi connectivity index (χ1n) is 16.4. The average Bonchev–Trinajstić information content (AvgIpc) is 3.68. The van der Waals surface area contributed by atoms with E-state index >= 15 is 0 Å². The third kappa shape index (κ3) is 6.45. The van der Waals surface area contributed by atoms with Crippen LogP contribution in [0, 0.1) is 11.7 Å². The van der Waals surface area contributed by atoms with Crippen molar-refractivity contribution < 1.29 is 36.8 Å². The summed E-state index contributed by atoms with van der Waals surface area (Å²) >= 11 is 6.12. The maximum absolute atomic E-state index is 14.4. The fourth-order valence-corrected chi connectivity index (χ4v) is 7.74. The van der Waals surface area contributed by atoms with Gasteiger partial charge in [0.25, 0.3) is 11.5 Å². The van der Waals surface area contributed by atoms with Gasteiger partial charge in [-0.2, -0.15) is 22.7 Å². The van der Waals surface area contributed by atoms with Crippen LogP contribution in [0.1, 0.15) is 58.9 Å². The number of carbonyl (C=O) groups excluding carboxylic acids is 2. The Labute approximate surface area is 309 Å². The standard InChI is InChI=1S/C34H31ClF3N9O6S/c1-17-28(49)26(41-16-40-17)31(51)45-12-10-33(11-13-45)25-27(18(2)53-33)46(15-24(48)42-23-9-6-20(14-22(23)35)34(36,37)38)32-43-29(44-47(32)30(25)50)19-4-7-21(8-5-19)54(3,39)52/h4-9,14,16,18,39,49H,10-13,15H2,1-3H3,(H,42,48)/t18-,54?/m1/s1. The van der Waals surface area contributed by atoms with Crippen molar-refractivity contribution in [2.24, 2.45) is 0 Å². The highest BCUT2D eigenvalue weighted by molar-refractivity contribution is 7.91. The van der Waals surface area contributed by atoms with Gasteiger partial charge in [0.15, 0.2) is 17.3 Å². The summed E-state index contributed by atoms with van der Waals surface area (Å²) in [6.07, 6.45) is -2.65. The minimum atomic E-state index is -4.65. The molecule has 1 spiro atoms. The van der Waals surface area contributed by atoms with E-state index in [0.29, 0.717) is 17.3 Å². The van der Waals surface area contributed by atoms with Crippen molar-refractivity contribution >= 4 is 44.6 Å². The van der Waals surface area contributed by atoms with Gasteiger partial charge in [-0.25, -0.2) is 19.0 Å². The number of carbonyl (C=O) groups is 2. The molecule has 2 aliphatic rings.